The molecule has 2 aromatic rings. The number of pyridine rings is 1. The van der Waals surface area contributed by atoms with Crippen molar-refractivity contribution in [1.82, 2.24) is 4.98 Å². The van der Waals surface area contributed by atoms with Gasteiger partial charge in [0.25, 0.3) is 0 Å². The Hall–Kier alpha value is -1.46. The van der Waals surface area contributed by atoms with Crippen LogP contribution in [0.5, 0.6) is 11.5 Å². The Balaban J connectivity index is 2.00. The monoisotopic (exact) mass is 291 g/mol. The van der Waals surface area contributed by atoms with Crippen LogP contribution in [0.3, 0.4) is 0 Å². The maximum atomic E-state index is 9.02. The summed E-state index contributed by atoms with van der Waals surface area (Å²) in [6.07, 6.45) is 2.57. The first-order valence-electron chi connectivity index (χ1n) is 6.74. The number of hydrogen-bond acceptors (Lipinski definition) is 5. The van der Waals surface area contributed by atoms with Crippen LogP contribution in [-0.4, -0.2) is 35.2 Å². The molecule has 5 heteroatoms. The van der Waals surface area contributed by atoms with Gasteiger partial charge in [-0.2, -0.15) is 0 Å². The lowest BCUT2D eigenvalue weighted by molar-refractivity contribution is 0.172. The van der Waals surface area contributed by atoms with Crippen LogP contribution in [0.2, 0.25) is 0 Å². The van der Waals surface area contributed by atoms with Crippen LogP contribution in [0.25, 0.3) is 10.8 Å². The van der Waals surface area contributed by atoms with E-state index in [2.05, 4.69) is 11.9 Å². The quantitative estimate of drug-likeness (QED) is 0.878. The summed E-state index contributed by atoms with van der Waals surface area (Å²) >= 11 is 1.68. The highest BCUT2D eigenvalue weighted by Crippen LogP contribution is 2.38. The fourth-order valence-corrected chi connectivity index (χ4v) is 3.24. The van der Waals surface area contributed by atoms with Gasteiger partial charge in [-0.25, -0.2) is 4.98 Å². The van der Waals surface area contributed by atoms with E-state index in [-0.39, 0.29) is 6.61 Å². The normalized spacial score (nSPS) is 15.3. The van der Waals surface area contributed by atoms with Gasteiger partial charge in [-0.05, 0) is 30.0 Å². The van der Waals surface area contributed by atoms with E-state index in [1.165, 1.54) is 0 Å². The van der Waals surface area contributed by atoms with Crippen LogP contribution < -0.4 is 9.47 Å². The van der Waals surface area contributed by atoms with E-state index in [0.29, 0.717) is 18.5 Å². The Morgan fingerprint density at radius 2 is 2.05 bits per heavy atom. The Morgan fingerprint density at radius 1 is 1.30 bits per heavy atom. The Morgan fingerprint density at radius 3 is 2.80 bits per heavy atom. The van der Waals surface area contributed by atoms with Gasteiger partial charge < -0.3 is 14.6 Å². The molecule has 3 rings (SSSR count). The highest BCUT2D eigenvalue weighted by Gasteiger charge is 2.15. The number of benzene rings is 1. The number of aliphatic hydroxyl groups is 1. The van der Waals surface area contributed by atoms with Crippen molar-refractivity contribution in [2.45, 2.75) is 23.6 Å². The molecule has 0 saturated heterocycles. The number of thioether (sulfide) groups is 1. The summed E-state index contributed by atoms with van der Waals surface area (Å²) in [5.74, 6) is 1.59. The van der Waals surface area contributed by atoms with E-state index in [1.54, 1.807) is 11.8 Å². The molecule has 4 nitrogen and oxygen atoms in total. The predicted octanol–water partition coefficient (Wildman–Crippen LogP) is 2.87. The zero-order valence-corrected chi connectivity index (χ0v) is 12.2. The number of hydrogen-bond donors (Lipinski definition) is 1. The molecule has 2 heterocycles. The third-order valence-corrected chi connectivity index (χ3v) is 4.43. The molecular weight excluding hydrogens is 274 g/mol. The fourth-order valence-electron chi connectivity index (χ4n) is 2.21. The van der Waals surface area contributed by atoms with Gasteiger partial charge in [0.2, 0.25) is 0 Å². The first-order valence-corrected chi connectivity index (χ1v) is 7.62. The SMILES string of the molecule is CC(CCO)Sc1nccc2cc3c(cc12)OCCO3. The Bertz CT molecular complexity index is 617. The van der Waals surface area contributed by atoms with Gasteiger partial charge in [-0.1, -0.05) is 6.92 Å². The highest BCUT2D eigenvalue weighted by molar-refractivity contribution is 8.00. The summed E-state index contributed by atoms with van der Waals surface area (Å²) in [5, 5.41) is 12.5. The van der Waals surface area contributed by atoms with Gasteiger partial charge in [0.05, 0.1) is 0 Å². The summed E-state index contributed by atoms with van der Waals surface area (Å²) in [5.41, 5.74) is 0. The minimum Gasteiger partial charge on any atom is -0.486 e. The maximum Gasteiger partial charge on any atom is 0.162 e. The zero-order chi connectivity index (χ0) is 13.9. The van der Waals surface area contributed by atoms with Crippen molar-refractivity contribution in [2.24, 2.45) is 0 Å². The Labute approximate surface area is 122 Å². The maximum absolute atomic E-state index is 9.02. The Kier molecular flexibility index (Phi) is 3.98. The third-order valence-electron chi connectivity index (χ3n) is 3.24. The van der Waals surface area contributed by atoms with Crippen LogP contribution in [-0.2, 0) is 0 Å². The first-order chi connectivity index (χ1) is 9.78. The van der Waals surface area contributed by atoms with E-state index in [0.717, 1.165) is 33.7 Å². The molecule has 0 amide bonds. The van der Waals surface area contributed by atoms with Crippen molar-refractivity contribution in [2.75, 3.05) is 19.8 Å². The molecule has 0 spiro atoms. The number of aliphatic hydroxyl groups excluding tert-OH is 1. The average molecular weight is 291 g/mol. The second-order valence-electron chi connectivity index (χ2n) is 4.77. The van der Waals surface area contributed by atoms with Crippen molar-refractivity contribution in [3.05, 3.63) is 24.4 Å². The molecule has 1 aliphatic rings. The summed E-state index contributed by atoms with van der Waals surface area (Å²) < 4.78 is 11.2. The summed E-state index contributed by atoms with van der Waals surface area (Å²) in [6, 6.07) is 5.99. The van der Waals surface area contributed by atoms with E-state index in [1.807, 2.05) is 24.4 Å². The van der Waals surface area contributed by atoms with Gasteiger partial charge in [0.1, 0.15) is 18.2 Å². The third kappa shape index (κ3) is 2.69. The van der Waals surface area contributed by atoms with Crippen LogP contribution in [0, 0.1) is 0 Å². The number of fused-ring (bicyclic) bond motifs is 2. The van der Waals surface area contributed by atoms with Crippen molar-refractivity contribution in [3.8, 4) is 11.5 Å². The van der Waals surface area contributed by atoms with Crippen molar-refractivity contribution in [3.63, 3.8) is 0 Å². The van der Waals surface area contributed by atoms with Crippen molar-refractivity contribution >= 4 is 22.5 Å². The molecule has 0 radical (unpaired) electrons. The minimum atomic E-state index is 0.200. The molecule has 106 valence electrons. The van der Waals surface area contributed by atoms with Crippen LogP contribution >= 0.6 is 11.8 Å². The highest BCUT2D eigenvalue weighted by atomic mass is 32.2. The largest absolute Gasteiger partial charge is 0.486 e. The molecule has 0 bridgehead atoms. The molecule has 0 saturated carbocycles. The lowest BCUT2D eigenvalue weighted by atomic mass is 10.1. The molecule has 1 N–H and O–H groups in total. The molecule has 20 heavy (non-hydrogen) atoms. The lowest BCUT2D eigenvalue weighted by Gasteiger charge is -2.19. The second-order valence-corrected chi connectivity index (χ2v) is 6.20. The van der Waals surface area contributed by atoms with E-state index in [4.69, 9.17) is 14.6 Å². The van der Waals surface area contributed by atoms with Crippen molar-refractivity contribution < 1.29 is 14.6 Å². The topological polar surface area (TPSA) is 51.6 Å². The van der Waals surface area contributed by atoms with Gasteiger partial charge in [0, 0.05) is 23.4 Å². The molecular formula is C15H17NO3S. The summed E-state index contributed by atoms with van der Waals surface area (Å²) in [6.45, 7) is 3.48. The average Bonchev–Trinajstić information content (AvgIpc) is 2.46. The molecule has 1 aromatic heterocycles. The van der Waals surface area contributed by atoms with E-state index in [9.17, 15) is 0 Å². The van der Waals surface area contributed by atoms with Crippen LogP contribution in [0.1, 0.15) is 13.3 Å². The minimum absolute atomic E-state index is 0.200. The molecule has 0 aliphatic carbocycles. The van der Waals surface area contributed by atoms with Gasteiger partial charge in [-0.3, -0.25) is 0 Å². The predicted molar refractivity (Wildman–Crippen MR) is 79.8 cm³/mol. The molecule has 0 fully saturated rings. The molecule has 1 atom stereocenters. The number of aromatic nitrogens is 1. The van der Waals surface area contributed by atoms with Crippen molar-refractivity contribution in [1.29, 1.82) is 0 Å². The number of rotatable bonds is 4. The zero-order valence-electron chi connectivity index (χ0n) is 11.3. The van der Waals surface area contributed by atoms with E-state index < -0.39 is 0 Å². The standard InChI is InChI=1S/C15H17NO3S/c1-10(3-5-17)20-15-12-9-14-13(18-6-7-19-14)8-11(12)2-4-16-15/h2,4,8-10,17H,3,5-7H2,1H3. The van der Waals surface area contributed by atoms with Crippen LogP contribution in [0.15, 0.2) is 29.4 Å². The fraction of sp³-hybridized carbons (Fsp3) is 0.400. The second kappa shape index (κ2) is 5.89. The van der Waals surface area contributed by atoms with E-state index >= 15 is 0 Å². The lowest BCUT2D eigenvalue weighted by Crippen LogP contribution is -2.15. The molecule has 1 unspecified atom stereocenters. The first kappa shape index (κ1) is 13.5. The molecule has 1 aromatic carbocycles. The smallest absolute Gasteiger partial charge is 0.162 e. The molecule has 1 aliphatic heterocycles. The summed E-state index contributed by atoms with van der Waals surface area (Å²) in [7, 11) is 0. The number of ether oxygens (including phenoxy) is 2. The van der Waals surface area contributed by atoms with Crippen LogP contribution in [0.4, 0.5) is 0 Å². The van der Waals surface area contributed by atoms with Gasteiger partial charge >= 0.3 is 0 Å². The number of nitrogens with zero attached hydrogens (tertiary/aromatic N) is 1. The van der Waals surface area contributed by atoms with Gasteiger partial charge in [-0.15, -0.1) is 11.8 Å². The summed E-state index contributed by atoms with van der Waals surface area (Å²) in [4.78, 5) is 4.46. The van der Waals surface area contributed by atoms with Gasteiger partial charge in [0.15, 0.2) is 11.5 Å².